The van der Waals surface area contributed by atoms with Crippen LogP contribution in [0.15, 0.2) is 24.4 Å². The summed E-state index contributed by atoms with van der Waals surface area (Å²) >= 11 is 0. The van der Waals surface area contributed by atoms with Crippen LogP contribution in [0.5, 0.6) is 0 Å². The number of hydrogen-bond acceptors (Lipinski definition) is 2. The Kier molecular flexibility index (Phi) is 2.90. The lowest BCUT2D eigenvalue weighted by molar-refractivity contribution is 0.0697. The number of rotatable bonds is 3. The van der Waals surface area contributed by atoms with Gasteiger partial charge in [-0.3, -0.25) is 0 Å². The van der Waals surface area contributed by atoms with Crippen molar-refractivity contribution in [2.75, 3.05) is 0 Å². The second kappa shape index (κ2) is 4.22. The van der Waals surface area contributed by atoms with Gasteiger partial charge in [-0.2, -0.15) is 0 Å². The molecule has 0 aliphatic rings. The molecule has 1 heterocycles. The molecule has 4 nitrogen and oxygen atoms in total. The number of hydrogen-bond donors (Lipinski definition) is 2. The number of carboxylic acids is 1. The molecule has 0 atom stereocenters. The Morgan fingerprint density at radius 1 is 1.47 bits per heavy atom. The van der Waals surface area contributed by atoms with E-state index in [2.05, 4.69) is 18.4 Å². The van der Waals surface area contributed by atoms with E-state index >= 15 is 0 Å². The number of aromatic nitrogens is 1. The van der Waals surface area contributed by atoms with Crippen LogP contribution in [0.25, 0.3) is 10.9 Å². The summed E-state index contributed by atoms with van der Waals surface area (Å²) in [4.78, 5) is 11.0. The number of nitrogens with two attached hydrogens (primary N) is 1. The van der Waals surface area contributed by atoms with Gasteiger partial charge < -0.3 is 15.4 Å². The number of carboxylic acid groups (broad SMARTS) is 1. The van der Waals surface area contributed by atoms with Gasteiger partial charge in [0.1, 0.15) is 0 Å². The quantitative estimate of drug-likeness (QED) is 0.853. The van der Waals surface area contributed by atoms with E-state index in [0.29, 0.717) is 12.1 Å². The zero-order valence-electron chi connectivity index (χ0n) is 9.97. The highest BCUT2D eigenvalue weighted by Crippen LogP contribution is 2.25. The summed E-state index contributed by atoms with van der Waals surface area (Å²) < 4.78 is 2.06. The number of nitrogens with zero attached hydrogens (tertiary/aromatic N) is 1. The number of carbonyl (C=O) groups is 1. The Morgan fingerprint density at radius 3 is 2.71 bits per heavy atom. The minimum atomic E-state index is -0.905. The summed E-state index contributed by atoms with van der Waals surface area (Å²) in [6.07, 6.45) is 2.00. The van der Waals surface area contributed by atoms with Crippen molar-refractivity contribution in [1.29, 1.82) is 0 Å². The van der Waals surface area contributed by atoms with Crippen LogP contribution < -0.4 is 5.73 Å². The van der Waals surface area contributed by atoms with Crippen molar-refractivity contribution >= 4 is 16.9 Å². The zero-order valence-corrected chi connectivity index (χ0v) is 9.97. The molecule has 0 bridgehead atoms. The van der Waals surface area contributed by atoms with Crippen molar-refractivity contribution in [2.45, 2.75) is 26.4 Å². The summed E-state index contributed by atoms with van der Waals surface area (Å²) in [5, 5.41) is 10.0. The number of aromatic carboxylic acids is 1. The van der Waals surface area contributed by atoms with Gasteiger partial charge in [-0.1, -0.05) is 6.07 Å². The molecule has 0 radical (unpaired) electrons. The van der Waals surface area contributed by atoms with Gasteiger partial charge in [0, 0.05) is 29.7 Å². The van der Waals surface area contributed by atoms with E-state index in [4.69, 9.17) is 10.8 Å². The first-order valence-electron chi connectivity index (χ1n) is 5.61. The largest absolute Gasteiger partial charge is 0.478 e. The molecule has 17 heavy (non-hydrogen) atoms. The molecule has 0 saturated heterocycles. The van der Waals surface area contributed by atoms with Gasteiger partial charge in [-0.15, -0.1) is 0 Å². The number of benzene rings is 1. The Bertz CT molecular complexity index is 570. The lowest BCUT2D eigenvalue weighted by atomic mass is 10.1. The number of fused-ring (bicyclic) bond motifs is 1. The SMILES string of the molecule is CC(C)n1cc(CN)c2ccc(C(=O)O)cc21. The highest BCUT2D eigenvalue weighted by atomic mass is 16.4. The molecule has 0 aliphatic heterocycles. The van der Waals surface area contributed by atoms with E-state index < -0.39 is 5.97 Å². The zero-order chi connectivity index (χ0) is 12.6. The third-order valence-corrected chi connectivity index (χ3v) is 2.94. The van der Waals surface area contributed by atoms with Gasteiger partial charge in [0.25, 0.3) is 0 Å². The lowest BCUT2D eigenvalue weighted by Crippen LogP contribution is -2.00. The molecule has 2 rings (SSSR count). The van der Waals surface area contributed by atoms with Gasteiger partial charge in [0.15, 0.2) is 0 Å². The summed E-state index contributed by atoms with van der Waals surface area (Å²) in [7, 11) is 0. The molecular weight excluding hydrogens is 216 g/mol. The first-order valence-corrected chi connectivity index (χ1v) is 5.61. The van der Waals surface area contributed by atoms with Crippen molar-refractivity contribution in [3.63, 3.8) is 0 Å². The average molecular weight is 232 g/mol. The molecule has 0 amide bonds. The second-order valence-corrected chi connectivity index (χ2v) is 4.40. The van der Waals surface area contributed by atoms with E-state index in [0.717, 1.165) is 16.5 Å². The first-order chi connectivity index (χ1) is 8.04. The molecule has 1 aromatic carbocycles. The highest BCUT2D eigenvalue weighted by Gasteiger charge is 2.12. The molecule has 3 N–H and O–H groups in total. The van der Waals surface area contributed by atoms with Gasteiger partial charge in [0.05, 0.1) is 5.56 Å². The van der Waals surface area contributed by atoms with Crippen LogP contribution in [-0.4, -0.2) is 15.6 Å². The van der Waals surface area contributed by atoms with E-state index in [1.54, 1.807) is 12.1 Å². The monoisotopic (exact) mass is 232 g/mol. The Labute approximate surface area is 99.7 Å². The minimum Gasteiger partial charge on any atom is -0.478 e. The Morgan fingerprint density at radius 2 is 2.18 bits per heavy atom. The maximum absolute atomic E-state index is 11.0. The third-order valence-electron chi connectivity index (χ3n) is 2.94. The molecule has 2 aromatic rings. The third kappa shape index (κ3) is 1.91. The fourth-order valence-corrected chi connectivity index (χ4v) is 2.05. The molecule has 4 heteroatoms. The van der Waals surface area contributed by atoms with E-state index in [-0.39, 0.29) is 6.04 Å². The molecule has 0 unspecified atom stereocenters. The van der Waals surface area contributed by atoms with Crippen LogP contribution in [0.1, 0.15) is 35.8 Å². The molecule has 90 valence electrons. The van der Waals surface area contributed by atoms with Crippen molar-refractivity contribution in [2.24, 2.45) is 5.73 Å². The lowest BCUT2D eigenvalue weighted by Gasteiger charge is -2.09. The highest BCUT2D eigenvalue weighted by molar-refractivity contribution is 5.94. The molecule has 0 fully saturated rings. The summed E-state index contributed by atoms with van der Waals surface area (Å²) in [5.41, 5.74) is 7.98. The summed E-state index contributed by atoms with van der Waals surface area (Å²) in [5.74, 6) is -0.905. The predicted octanol–water partition coefficient (Wildman–Crippen LogP) is 2.38. The van der Waals surface area contributed by atoms with Gasteiger partial charge in [-0.25, -0.2) is 4.79 Å². The first kappa shape index (κ1) is 11.7. The smallest absolute Gasteiger partial charge is 0.335 e. The summed E-state index contributed by atoms with van der Waals surface area (Å²) in [6.45, 7) is 4.59. The Balaban J connectivity index is 2.73. The maximum atomic E-state index is 11.0. The Hall–Kier alpha value is -1.81. The van der Waals surface area contributed by atoms with Gasteiger partial charge in [-0.05, 0) is 31.5 Å². The second-order valence-electron chi connectivity index (χ2n) is 4.40. The standard InChI is InChI=1S/C13H16N2O2/c1-8(2)15-7-10(6-14)11-4-3-9(13(16)17)5-12(11)15/h3-5,7-8H,6,14H2,1-2H3,(H,16,17). The minimum absolute atomic E-state index is 0.279. The maximum Gasteiger partial charge on any atom is 0.335 e. The molecular formula is C13H16N2O2. The van der Waals surface area contributed by atoms with Crippen LogP contribution in [-0.2, 0) is 6.54 Å². The van der Waals surface area contributed by atoms with E-state index in [1.807, 2.05) is 12.3 Å². The van der Waals surface area contributed by atoms with Crippen molar-refractivity contribution in [3.8, 4) is 0 Å². The van der Waals surface area contributed by atoms with Crippen molar-refractivity contribution in [3.05, 3.63) is 35.5 Å². The van der Waals surface area contributed by atoms with Crippen molar-refractivity contribution in [1.82, 2.24) is 4.57 Å². The molecule has 0 aliphatic carbocycles. The topological polar surface area (TPSA) is 68.2 Å². The molecule has 1 aromatic heterocycles. The predicted molar refractivity (Wildman–Crippen MR) is 67.2 cm³/mol. The van der Waals surface area contributed by atoms with Gasteiger partial charge >= 0.3 is 5.97 Å². The average Bonchev–Trinajstić information content (AvgIpc) is 2.66. The van der Waals surface area contributed by atoms with E-state index in [1.165, 1.54) is 0 Å². The van der Waals surface area contributed by atoms with Crippen molar-refractivity contribution < 1.29 is 9.90 Å². The van der Waals surface area contributed by atoms with E-state index in [9.17, 15) is 4.79 Å². The normalized spacial score (nSPS) is 11.3. The summed E-state index contributed by atoms with van der Waals surface area (Å²) in [6, 6.07) is 5.44. The fraction of sp³-hybridized carbons (Fsp3) is 0.308. The van der Waals surface area contributed by atoms with Gasteiger partial charge in [0.2, 0.25) is 0 Å². The van der Waals surface area contributed by atoms with Crippen LogP contribution in [0, 0.1) is 0 Å². The van der Waals surface area contributed by atoms with Crippen LogP contribution in [0.3, 0.4) is 0 Å². The van der Waals surface area contributed by atoms with Crippen LogP contribution in [0.4, 0.5) is 0 Å². The van der Waals surface area contributed by atoms with Crippen LogP contribution in [0.2, 0.25) is 0 Å². The molecule has 0 saturated carbocycles. The molecule has 0 spiro atoms. The van der Waals surface area contributed by atoms with Crippen LogP contribution >= 0.6 is 0 Å². The fourth-order valence-electron chi connectivity index (χ4n) is 2.05.